The van der Waals surface area contributed by atoms with Gasteiger partial charge < -0.3 is 84.3 Å². The molecule has 2 saturated heterocycles. The summed E-state index contributed by atoms with van der Waals surface area (Å²) in [4.78, 5) is 92.3. The molecule has 2 aliphatic heterocycles. The van der Waals surface area contributed by atoms with E-state index in [4.69, 9.17) is 23.0 Å². The topological polar surface area (TPSA) is 375 Å². The Kier molecular flexibility index (Phi) is 29.6. The number of nitrogens with one attached hydrogen (secondary N) is 2. The molecule has 0 saturated carbocycles. The van der Waals surface area contributed by atoms with Crippen molar-refractivity contribution >= 4 is 35.6 Å². The molecule has 2 fully saturated rings. The first-order chi connectivity index (χ1) is 44.7. The highest BCUT2D eigenvalue weighted by molar-refractivity contribution is 5.98. The standard InChI is InChI=1S/C70H100N6O19/c1-45(29-21-15-17-23-31-51-39-71-43-94-51)57(80)65(7,8)61(84)73-35-27-19-25-33-53(78)47(3)37-55(91-13)69(89)49(5)59(82)75(11)67(69,41-77)64(88)93-42-68(63(86)87)70(90,50(6)60(83)76(68)12)56(92-14)38-48(4)54(79)34-26-20-28-36-74-62(85)66(9,10)58(81)46(2)30-22-16-18-24-32-52-40-72-44-95-52/h15-30,33-34,39-40,43-44,47-50,53-58,77-81,89-90H,31-32,35-38,41-42H2,1-14H3,(H,73,84)(H,74,85)(H,86,87). The first-order valence-electron chi connectivity index (χ1n) is 31.5. The minimum absolute atomic E-state index is 0.0631. The maximum atomic E-state index is 14.9. The summed E-state index contributed by atoms with van der Waals surface area (Å²) in [6.07, 6.45) is 28.9. The summed E-state index contributed by atoms with van der Waals surface area (Å²) in [5.74, 6) is -9.11. The zero-order chi connectivity index (χ0) is 71.3. The van der Waals surface area contributed by atoms with Gasteiger partial charge in [0.2, 0.25) is 29.2 Å². The third kappa shape index (κ3) is 17.9. The third-order valence-electron chi connectivity index (χ3n) is 18.7. The number of ether oxygens (including phenoxy) is 3. The molecule has 95 heavy (non-hydrogen) atoms. The number of likely N-dealkylation sites (N-methyl/N-ethyl adjacent to an activating group) is 2. The van der Waals surface area contributed by atoms with Crippen molar-refractivity contribution in [3.8, 4) is 0 Å². The lowest BCUT2D eigenvalue weighted by Crippen LogP contribution is -2.73. The van der Waals surface area contributed by atoms with Crippen LogP contribution in [0.25, 0.3) is 0 Å². The fraction of sp³-hybridized carbons (Fsp3) is 0.543. The summed E-state index contributed by atoms with van der Waals surface area (Å²) in [5.41, 5.74) is -12.2. The number of nitrogens with zero attached hydrogens (tertiary/aromatic N) is 4. The number of likely N-dealkylation sites (tertiary alicyclic amines) is 2. The Hall–Kier alpha value is -7.72. The third-order valence-corrected chi connectivity index (χ3v) is 18.7. The smallest absolute Gasteiger partial charge is 0.337 e. The van der Waals surface area contributed by atoms with Crippen LogP contribution in [0.5, 0.6) is 0 Å². The average molecular weight is 1330 g/mol. The molecule has 25 heteroatoms. The van der Waals surface area contributed by atoms with Gasteiger partial charge in [0.05, 0.1) is 78.3 Å². The number of esters is 1. The normalized spacial score (nSPS) is 25.4. The van der Waals surface area contributed by atoms with Gasteiger partial charge in [-0.1, -0.05) is 137 Å². The number of hydrogen-bond acceptors (Lipinski definition) is 20. The number of allylic oxidation sites excluding steroid dienone is 14. The van der Waals surface area contributed by atoms with E-state index in [1.807, 2.05) is 24.3 Å². The highest BCUT2D eigenvalue weighted by Crippen LogP contribution is 2.51. The van der Waals surface area contributed by atoms with Crippen molar-refractivity contribution in [1.29, 1.82) is 0 Å². The fourth-order valence-electron chi connectivity index (χ4n) is 12.1. The molecule has 2 aromatic rings. The van der Waals surface area contributed by atoms with Gasteiger partial charge in [0.1, 0.15) is 29.3 Å². The summed E-state index contributed by atoms with van der Waals surface area (Å²) in [5, 5.41) is 98.6. The van der Waals surface area contributed by atoms with Gasteiger partial charge in [-0.2, -0.15) is 0 Å². The van der Waals surface area contributed by atoms with E-state index < -0.39 is 142 Å². The number of aromatic nitrogens is 2. The van der Waals surface area contributed by atoms with E-state index in [9.17, 15) is 69.6 Å². The minimum Gasteiger partial charge on any atom is -0.479 e. The number of oxazole rings is 2. The number of amides is 4. The van der Waals surface area contributed by atoms with Crippen molar-refractivity contribution in [2.45, 2.75) is 154 Å². The number of hydrogen-bond donors (Lipinski definition) is 10. The molecule has 2 aliphatic rings. The van der Waals surface area contributed by atoms with Crippen LogP contribution in [0.1, 0.15) is 93.6 Å². The first-order valence-corrected chi connectivity index (χ1v) is 31.5. The number of methoxy groups -OCH3 is 2. The molecular formula is C70H100N6O19. The molecule has 0 radical (unpaired) electrons. The molecule has 0 bridgehead atoms. The fourth-order valence-corrected chi connectivity index (χ4v) is 12.1. The average Bonchev–Trinajstić information content (AvgIpc) is 1.56. The molecular weight excluding hydrogens is 1230 g/mol. The summed E-state index contributed by atoms with van der Waals surface area (Å²) >= 11 is 0. The Morgan fingerprint density at radius 3 is 1.37 bits per heavy atom. The maximum Gasteiger partial charge on any atom is 0.337 e. The van der Waals surface area contributed by atoms with Crippen LogP contribution in [-0.4, -0.2) is 210 Å². The Labute approximate surface area is 556 Å². The van der Waals surface area contributed by atoms with Crippen LogP contribution in [0.15, 0.2) is 155 Å². The minimum atomic E-state index is -2.83. The van der Waals surface area contributed by atoms with Crippen molar-refractivity contribution in [2.75, 3.05) is 54.6 Å². The second kappa shape index (κ2) is 35.3. The largest absolute Gasteiger partial charge is 0.479 e. The number of aliphatic carboxylic acids is 1. The van der Waals surface area contributed by atoms with E-state index in [2.05, 4.69) is 20.6 Å². The zero-order valence-electron chi connectivity index (χ0n) is 57.0. The molecule has 4 heterocycles. The monoisotopic (exact) mass is 1330 g/mol. The molecule has 524 valence electrons. The van der Waals surface area contributed by atoms with E-state index in [0.29, 0.717) is 40.4 Å². The lowest BCUT2D eigenvalue weighted by Gasteiger charge is -2.48. The van der Waals surface area contributed by atoms with Crippen molar-refractivity contribution in [2.24, 2.45) is 34.5 Å². The van der Waals surface area contributed by atoms with Crippen LogP contribution in [0.3, 0.4) is 0 Å². The molecule has 0 aliphatic carbocycles. The van der Waals surface area contributed by atoms with Crippen LogP contribution in [0.2, 0.25) is 0 Å². The summed E-state index contributed by atoms with van der Waals surface area (Å²) in [7, 11) is 4.58. The number of carboxylic acid groups (broad SMARTS) is 1. The van der Waals surface area contributed by atoms with E-state index in [1.165, 1.54) is 65.2 Å². The molecule has 14 unspecified atom stereocenters. The molecule has 10 N–H and O–H groups in total. The second-order valence-corrected chi connectivity index (χ2v) is 25.6. The van der Waals surface area contributed by atoms with Gasteiger partial charge >= 0.3 is 11.9 Å². The Morgan fingerprint density at radius 1 is 0.632 bits per heavy atom. The number of carbonyl (C=O) groups excluding carboxylic acids is 5. The molecule has 0 spiro atoms. The van der Waals surface area contributed by atoms with Gasteiger partial charge in [-0.25, -0.2) is 19.6 Å². The predicted molar refractivity (Wildman–Crippen MR) is 353 cm³/mol. The summed E-state index contributed by atoms with van der Waals surface area (Å²) < 4.78 is 27.8. The highest BCUT2D eigenvalue weighted by atomic mass is 16.6. The molecule has 25 nitrogen and oxygen atoms in total. The lowest BCUT2D eigenvalue weighted by molar-refractivity contribution is -0.217. The van der Waals surface area contributed by atoms with Gasteiger partial charge in [-0.15, -0.1) is 0 Å². The van der Waals surface area contributed by atoms with Crippen LogP contribution in [-0.2, 0) is 55.8 Å². The van der Waals surface area contributed by atoms with Gasteiger partial charge in [-0.05, 0) is 77.4 Å². The van der Waals surface area contributed by atoms with E-state index in [1.54, 1.807) is 129 Å². The number of rotatable bonds is 37. The maximum absolute atomic E-state index is 14.9. The summed E-state index contributed by atoms with van der Waals surface area (Å²) in [6, 6.07) is 0. The molecule has 2 aromatic heterocycles. The van der Waals surface area contributed by atoms with Crippen molar-refractivity contribution in [1.82, 2.24) is 30.4 Å². The van der Waals surface area contributed by atoms with Crippen LogP contribution in [0, 0.1) is 34.5 Å². The Morgan fingerprint density at radius 2 is 1.01 bits per heavy atom. The lowest BCUT2D eigenvalue weighted by atomic mass is 9.69. The first kappa shape index (κ1) is 79.7. The van der Waals surface area contributed by atoms with Gasteiger partial charge in [0.25, 0.3) is 0 Å². The van der Waals surface area contributed by atoms with Crippen LogP contribution >= 0.6 is 0 Å². The second-order valence-electron chi connectivity index (χ2n) is 25.6. The van der Waals surface area contributed by atoms with E-state index >= 15 is 0 Å². The summed E-state index contributed by atoms with van der Waals surface area (Å²) in [6.45, 7) is 13.2. The van der Waals surface area contributed by atoms with E-state index in [0.717, 1.165) is 19.0 Å². The van der Waals surface area contributed by atoms with Crippen molar-refractivity contribution in [3.63, 3.8) is 0 Å². The molecule has 4 rings (SSSR count). The van der Waals surface area contributed by atoms with Gasteiger partial charge in [0.15, 0.2) is 18.3 Å². The van der Waals surface area contributed by atoms with Crippen LogP contribution in [0.4, 0.5) is 0 Å². The van der Waals surface area contributed by atoms with E-state index in [-0.39, 0.29) is 25.9 Å². The Bertz CT molecular complexity index is 3200. The number of aliphatic hydroxyl groups is 7. The Balaban J connectivity index is 1.43. The highest BCUT2D eigenvalue weighted by Gasteiger charge is 2.76. The van der Waals surface area contributed by atoms with Gasteiger partial charge in [0, 0.05) is 54.2 Å². The van der Waals surface area contributed by atoms with Crippen LogP contribution < -0.4 is 10.6 Å². The SMILES string of the molecule is COC(CC(C)C(O)C=CC=CCNC(=O)C(C)(C)C(O)C(C)=CC=CC=CCc1cnco1)C1(O)C(C)C(=O)N(C)C1(COC(=O)C1(CO)N(C)C(=O)C(C)C1(O)C(CC(C)C(O)C=CC=CCNC(=O)C(C)(C)C(O)C(C)=CC=CC=CCc1cnco1)OC)C(=O)O. The number of carboxylic acids is 1. The molecule has 4 amide bonds. The molecule has 14 atom stereocenters. The zero-order valence-corrected chi connectivity index (χ0v) is 57.0. The predicted octanol–water partition coefficient (Wildman–Crippen LogP) is 4.38. The number of carbonyl (C=O) groups is 6. The van der Waals surface area contributed by atoms with Crippen molar-refractivity contribution in [3.05, 3.63) is 157 Å². The quantitative estimate of drug-likeness (QED) is 0.0331. The van der Waals surface area contributed by atoms with Gasteiger partial charge in [-0.3, -0.25) is 19.2 Å². The number of aliphatic hydroxyl groups excluding tert-OH is 5. The molecule has 0 aromatic carbocycles. The van der Waals surface area contributed by atoms with Crippen molar-refractivity contribution < 1.29 is 92.7 Å².